The van der Waals surface area contributed by atoms with Crippen molar-refractivity contribution in [3.8, 4) is 0 Å². The van der Waals surface area contributed by atoms with Crippen LogP contribution in [0.25, 0.3) is 0 Å². The first-order chi connectivity index (χ1) is 10.6. The first-order valence-electron chi connectivity index (χ1n) is 9.77. The first-order valence-corrected chi connectivity index (χ1v) is 9.77. The van der Waals surface area contributed by atoms with Crippen molar-refractivity contribution < 1.29 is 14.6 Å². The molecule has 7 aliphatic rings. The van der Waals surface area contributed by atoms with E-state index in [1.807, 2.05) is 0 Å². The van der Waals surface area contributed by atoms with Crippen LogP contribution >= 0.6 is 0 Å². The van der Waals surface area contributed by atoms with Crippen LogP contribution < -0.4 is 0 Å². The van der Waals surface area contributed by atoms with Gasteiger partial charge in [-0.1, -0.05) is 19.3 Å². The number of hydrogen-bond donors (Lipinski definition) is 1. The van der Waals surface area contributed by atoms with Crippen LogP contribution in [0, 0.1) is 23.2 Å². The number of rotatable bonds is 0. The summed E-state index contributed by atoms with van der Waals surface area (Å²) in [7, 11) is 0. The van der Waals surface area contributed by atoms with Gasteiger partial charge < -0.3 is 14.6 Å². The normalized spacial score (nSPS) is 65.0. The van der Waals surface area contributed by atoms with Gasteiger partial charge >= 0.3 is 0 Å². The highest BCUT2D eigenvalue weighted by Crippen LogP contribution is 2.78. The van der Waals surface area contributed by atoms with Gasteiger partial charge in [0.1, 0.15) is 0 Å². The Morgan fingerprint density at radius 2 is 1.59 bits per heavy atom. The molecule has 4 aliphatic carbocycles. The minimum Gasteiger partial charge on any atom is -0.365 e. The zero-order chi connectivity index (χ0) is 14.6. The molecule has 3 saturated heterocycles. The predicted molar refractivity (Wildman–Crippen MR) is 80.9 cm³/mol. The van der Waals surface area contributed by atoms with Crippen LogP contribution in [0.15, 0.2) is 0 Å². The second kappa shape index (κ2) is 3.75. The van der Waals surface area contributed by atoms with E-state index in [1.165, 1.54) is 51.4 Å². The lowest BCUT2D eigenvalue weighted by atomic mass is 9.46. The molecular formula is C19H28O3. The molecule has 7 fully saturated rings. The van der Waals surface area contributed by atoms with E-state index in [0.717, 1.165) is 25.7 Å². The average Bonchev–Trinajstić information content (AvgIpc) is 2.70. The van der Waals surface area contributed by atoms with E-state index in [9.17, 15) is 5.11 Å². The fourth-order valence-electron chi connectivity index (χ4n) is 8.04. The van der Waals surface area contributed by atoms with Crippen molar-refractivity contribution in [1.29, 1.82) is 0 Å². The van der Waals surface area contributed by atoms with E-state index in [2.05, 4.69) is 0 Å². The molecule has 5 bridgehead atoms. The second-order valence-corrected chi connectivity index (χ2v) is 9.24. The lowest BCUT2D eigenvalue weighted by Gasteiger charge is -2.75. The molecule has 0 amide bonds. The van der Waals surface area contributed by atoms with Crippen LogP contribution in [0.5, 0.6) is 0 Å². The van der Waals surface area contributed by atoms with Gasteiger partial charge in [-0.05, 0) is 57.3 Å². The van der Waals surface area contributed by atoms with Crippen LogP contribution in [0.4, 0.5) is 0 Å². The summed E-state index contributed by atoms with van der Waals surface area (Å²) in [6.45, 7) is 0. The third-order valence-corrected chi connectivity index (χ3v) is 8.78. The van der Waals surface area contributed by atoms with E-state index in [0.29, 0.717) is 17.8 Å². The van der Waals surface area contributed by atoms with Gasteiger partial charge in [0.15, 0.2) is 11.6 Å². The molecule has 3 heterocycles. The Kier molecular flexibility index (Phi) is 2.25. The van der Waals surface area contributed by atoms with Crippen LogP contribution in [0.1, 0.15) is 77.0 Å². The largest absolute Gasteiger partial charge is 0.365 e. The summed E-state index contributed by atoms with van der Waals surface area (Å²) < 4.78 is 13.6. The van der Waals surface area contributed by atoms with Gasteiger partial charge in [-0.3, -0.25) is 0 Å². The highest BCUT2D eigenvalue weighted by Gasteiger charge is 2.84. The van der Waals surface area contributed by atoms with Gasteiger partial charge in [-0.2, -0.15) is 0 Å². The smallest absolute Gasteiger partial charge is 0.180 e. The molecule has 22 heavy (non-hydrogen) atoms. The Bertz CT molecular complexity index is 535. The summed E-state index contributed by atoms with van der Waals surface area (Å²) in [5, 5.41) is 11.7. The van der Waals surface area contributed by atoms with E-state index in [1.54, 1.807) is 0 Å². The Hall–Kier alpha value is -0.120. The molecule has 3 nitrogen and oxygen atoms in total. The average molecular weight is 304 g/mol. The third-order valence-electron chi connectivity index (χ3n) is 8.78. The second-order valence-electron chi connectivity index (χ2n) is 9.24. The lowest BCUT2D eigenvalue weighted by Crippen LogP contribution is -2.82. The molecule has 4 saturated carbocycles. The Morgan fingerprint density at radius 1 is 0.773 bits per heavy atom. The molecule has 0 unspecified atom stereocenters. The van der Waals surface area contributed by atoms with Gasteiger partial charge in [0.2, 0.25) is 0 Å². The van der Waals surface area contributed by atoms with Gasteiger partial charge in [0.25, 0.3) is 0 Å². The van der Waals surface area contributed by atoms with Crippen molar-refractivity contribution in [3.05, 3.63) is 0 Å². The lowest BCUT2D eigenvalue weighted by molar-refractivity contribution is -0.548. The van der Waals surface area contributed by atoms with Gasteiger partial charge in [0.05, 0.1) is 11.0 Å². The minimum absolute atomic E-state index is 0.0565. The molecule has 3 heteroatoms. The summed E-state index contributed by atoms with van der Waals surface area (Å²) in [4.78, 5) is 0. The molecule has 0 radical (unpaired) electrons. The summed E-state index contributed by atoms with van der Waals surface area (Å²) in [5.41, 5.74) is -0.142. The SMILES string of the molecule is O[C@@]12O[C@@]34CCCC[C@@H]3C[C@]13CC[C@@H]2C[C@@H]1CCCC[C@]13O4. The van der Waals surface area contributed by atoms with Crippen molar-refractivity contribution in [2.45, 2.75) is 94.2 Å². The molecule has 122 valence electrons. The predicted octanol–water partition coefficient (Wildman–Crippen LogP) is 3.74. The number of aliphatic hydroxyl groups is 1. The maximum Gasteiger partial charge on any atom is 0.180 e. The van der Waals surface area contributed by atoms with Crippen LogP contribution in [0.3, 0.4) is 0 Å². The van der Waals surface area contributed by atoms with E-state index in [-0.39, 0.29) is 11.0 Å². The van der Waals surface area contributed by atoms with Crippen molar-refractivity contribution in [3.63, 3.8) is 0 Å². The molecule has 3 aliphatic heterocycles. The van der Waals surface area contributed by atoms with E-state index < -0.39 is 11.6 Å². The van der Waals surface area contributed by atoms with Gasteiger partial charge in [0, 0.05) is 18.3 Å². The van der Waals surface area contributed by atoms with Crippen molar-refractivity contribution >= 4 is 0 Å². The molecule has 0 aromatic carbocycles. The first kappa shape index (κ1) is 13.2. The monoisotopic (exact) mass is 304 g/mol. The summed E-state index contributed by atoms with van der Waals surface area (Å²) in [5.74, 6) is 0.275. The Balaban J connectivity index is 1.58. The van der Waals surface area contributed by atoms with E-state index in [4.69, 9.17) is 9.47 Å². The molecule has 1 N–H and O–H groups in total. The summed E-state index contributed by atoms with van der Waals surface area (Å²) in [6.07, 6.45) is 14.5. The molecule has 7 atom stereocenters. The molecular weight excluding hydrogens is 276 g/mol. The summed E-state index contributed by atoms with van der Waals surface area (Å²) >= 11 is 0. The Morgan fingerprint density at radius 3 is 2.50 bits per heavy atom. The van der Waals surface area contributed by atoms with Crippen molar-refractivity contribution in [2.24, 2.45) is 23.2 Å². The van der Waals surface area contributed by atoms with Gasteiger partial charge in [-0.25, -0.2) is 0 Å². The quantitative estimate of drug-likeness (QED) is 0.741. The maximum absolute atomic E-state index is 11.7. The molecule has 0 aromatic rings. The van der Waals surface area contributed by atoms with E-state index >= 15 is 0 Å². The molecule has 7 rings (SSSR count). The maximum atomic E-state index is 11.7. The molecule has 0 aromatic heterocycles. The minimum atomic E-state index is -0.868. The van der Waals surface area contributed by atoms with Crippen LogP contribution in [-0.4, -0.2) is 22.3 Å². The fraction of sp³-hybridized carbons (Fsp3) is 1.00. The fourth-order valence-corrected chi connectivity index (χ4v) is 8.04. The zero-order valence-electron chi connectivity index (χ0n) is 13.5. The Labute approximate surface area is 132 Å². The topological polar surface area (TPSA) is 38.7 Å². The van der Waals surface area contributed by atoms with Gasteiger partial charge in [-0.15, -0.1) is 0 Å². The highest BCUT2D eigenvalue weighted by molar-refractivity contribution is 5.27. The standard InChI is InChI=1S/C19H28O3/c20-19-14-7-10-16(19)12-15-6-2-4-9-18(15,22-19)21-17(16)8-3-1-5-13(17)11-14/h13-15,20H,1-12H2/t13-,14+,15+,16-,17-,18-,19-/m0/s1. The molecule has 3 spiro atoms. The summed E-state index contributed by atoms with van der Waals surface area (Å²) in [6, 6.07) is 0. The number of ether oxygens (including phenoxy) is 2. The third kappa shape index (κ3) is 1.14. The van der Waals surface area contributed by atoms with Crippen LogP contribution in [0.2, 0.25) is 0 Å². The zero-order valence-corrected chi connectivity index (χ0v) is 13.5. The highest BCUT2D eigenvalue weighted by atomic mass is 16.8. The van der Waals surface area contributed by atoms with Crippen molar-refractivity contribution in [1.82, 2.24) is 0 Å². The van der Waals surface area contributed by atoms with Crippen LogP contribution in [-0.2, 0) is 9.47 Å². The van der Waals surface area contributed by atoms with Crippen molar-refractivity contribution in [2.75, 3.05) is 0 Å². The number of hydrogen-bond acceptors (Lipinski definition) is 3.